The molecule has 0 bridgehead atoms. The summed E-state index contributed by atoms with van der Waals surface area (Å²) in [7, 11) is 1.53. The van der Waals surface area contributed by atoms with Gasteiger partial charge in [-0.3, -0.25) is 4.79 Å². The van der Waals surface area contributed by atoms with Gasteiger partial charge >= 0.3 is 5.97 Å². The third-order valence-corrected chi connectivity index (χ3v) is 3.74. The molecule has 0 heterocycles. The molecular formula is C22H24FNO5. The standard InChI is InChI=1S/C22H24FNO5/c1-14(2)28-19-11-5-16(13-20(19)27-4)6-12-21(25)29-15(3)22(26)24-18-9-7-17(23)8-10-18/h5-15H,1-4H3,(H,24,26)/b12-6+/t15-/m0/s1. The summed E-state index contributed by atoms with van der Waals surface area (Å²) in [5.41, 5.74) is 1.11. The molecular weight excluding hydrogens is 377 g/mol. The summed E-state index contributed by atoms with van der Waals surface area (Å²) < 4.78 is 28.9. The molecule has 0 saturated carbocycles. The van der Waals surface area contributed by atoms with E-state index in [1.165, 1.54) is 44.4 Å². The largest absolute Gasteiger partial charge is 0.493 e. The quantitative estimate of drug-likeness (QED) is 0.530. The Morgan fingerprint density at radius 3 is 2.34 bits per heavy atom. The number of carbonyl (C=O) groups excluding carboxylic acids is 2. The topological polar surface area (TPSA) is 73.9 Å². The molecule has 0 unspecified atom stereocenters. The van der Waals surface area contributed by atoms with Crippen LogP contribution in [-0.2, 0) is 14.3 Å². The predicted octanol–water partition coefficient (Wildman–Crippen LogP) is 4.21. The molecule has 0 fully saturated rings. The molecule has 0 aliphatic heterocycles. The smallest absolute Gasteiger partial charge is 0.331 e. The van der Waals surface area contributed by atoms with Crippen LogP contribution in [0.1, 0.15) is 26.3 Å². The maximum Gasteiger partial charge on any atom is 0.331 e. The highest BCUT2D eigenvalue weighted by molar-refractivity contribution is 5.96. The Labute approximate surface area is 169 Å². The van der Waals surface area contributed by atoms with E-state index in [1.54, 1.807) is 24.3 Å². The first-order chi connectivity index (χ1) is 13.8. The summed E-state index contributed by atoms with van der Waals surface area (Å²) in [5, 5.41) is 2.55. The van der Waals surface area contributed by atoms with Gasteiger partial charge in [0.05, 0.1) is 13.2 Å². The van der Waals surface area contributed by atoms with Crippen LogP contribution in [0.2, 0.25) is 0 Å². The molecule has 2 aromatic carbocycles. The molecule has 154 valence electrons. The number of halogens is 1. The summed E-state index contributed by atoms with van der Waals surface area (Å²) >= 11 is 0. The van der Waals surface area contributed by atoms with Crippen molar-refractivity contribution >= 4 is 23.6 Å². The number of carbonyl (C=O) groups is 2. The van der Waals surface area contributed by atoms with E-state index in [4.69, 9.17) is 14.2 Å². The highest BCUT2D eigenvalue weighted by atomic mass is 19.1. The van der Waals surface area contributed by atoms with Gasteiger partial charge in [0, 0.05) is 11.8 Å². The Hall–Kier alpha value is -3.35. The van der Waals surface area contributed by atoms with Crippen molar-refractivity contribution in [3.05, 3.63) is 59.9 Å². The highest BCUT2D eigenvalue weighted by Gasteiger charge is 2.16. The molecule has 29 heavy (non-hydrogen) atoms. The maximum absolute atomic E-state index is 12.9. The van der Waals surface area contributed by atoms with Crippen LogP contribution < -0.4 is 14.8 Å². The molecule has 0 spiro atoms. The number of methoxy groups -OCH3 is 1. The number of anilines is 1. The zero-order valence-corrected chi connectivity index (χ0v) is 16.8. The van der Waals surface area contributed by atoms with E-state index in [1.807, 2.05) is 13.8 Å². The average Bonchev–Trinajstić information content (AvgIpc) is 2.68. The summed E-state index contributed by atoms with van der Waals surface area (Å²) in [6, 6.07) is 10.5. The number of nitrogens with one attached hydrogen (secondary N) is 1. The van der Waals surface area contributed by atoms with E-state index in [2.05, 4.69) is 5.32 Å². The van der Waals surface area contributed by atoms with E-state index in [0.29, 0.717) is 22.7 Å². The van der Waals surface area contributed by atoms with Crippen LogP contribution in [0, 0.1) is 5.82 Å². The molecule has 0 aromatic heterocycles. The number of rotatable bonds is 8. The van der Waals surface area contributed by atoms with Crippen LogP contribution in [0.5, 0.6) is 11.5 Å². The van der Waals surface area contributed by atoms with Gasteiger partial charge in [0.1, 0.15) is 5.82 Å². The molecule has 2 rings (SSSR count). The first kappa shape index (κ1) is 21.9. The summed E-state index contributed by atoms with van der Waals surface area (Å²) in [4.78, 5) is 24.1. The van der Waals surface area contributed by atoms with Gasteiger partial charge < -0.3 is 19.5 Å². The molecule has 1 N–H and O–H groups in total. The fourth-order valence-corrected chi connectivity index (χ4v) is 2.35. The van der Waals surface area contributed by atoms with E-state index in [0.717, 1.165) is 0 Å². The van der Waals surface area contributed by atoms with Crippen LogP contribution in [0.3, 0.4) is 0 Å². The minimum absolute atomic E-state index is 0.00261. The van der Waals surface area contributed by atoms with Crippen LogP contribution >= 0.6 is 0 Å². The Morgan fingerprint density at radius 1 is 1.03 bits per heavy atom. The molecule has 0 saturated heterocycles. The van der Waals surface area contributed by atoms with Crippen LogP contribution in [0.15, 0.2) is 48.5 Å². The normalized spacial score (nSPS) is 11.9. The molecule has 0 radical (unpaired) electrons. The third-order valence-electron chi connectivity index (χ3n) is 3.74. The van der Waals surface area contributed by atoms with Gasteiger partial charge in [0.2, 0.25) is 0 Å². The molecule has 1 atom stereocenters. The van der Waals surface area contributed by atoms with Crippen molar-refractivity contribution < 1.29 is 28.2 Å². The number of hydrogen-bond acceptors (Lipinski definition) is 5. The number of amides is 1. The Balaban J connectivity index is 1.94. The second-order valence-electron chi connectivity index (χ2n) is 6.49. The van der Waals surface area contributed by atoms with Crippen molar-refractivity contribution in [3.8, 4) is 11.5 Å². The van der Waals surface area contributed by atoms with Gasteiger partial charge in [-0.05, 0) is 68.8 Å². The van der Waals surface area contributed by atoms with E-state index < -0.39 is 23.8 Å². The maximum atomic E-state index is 12.9. The second kappa shape index (κ2) is 10.3. The van der Waals surface area contributed by atoms with Crippen LogP contribution in [0.25, 0.3) is 6.08 Å². The summed E-state index contributed by atoms with van der Waals surface area (Å²) in [6.45, 7) is 5.28. The van der Waals surface area contributed by atoms with Crippen molar-refractivity contribution in [2.45, 2.75) is 33.0 Å². The monoisotopic (exact) mass is 401 g/mol. The zero-order valence-electron chi connectivity index (χ0n) is 16.8. The minimum atomic E-state index is -1.02. The summed E-state index contributed by atoms with van der Waals surface area (Å²) in [5.74, 6) is -0.453. The number of hydrogen-bond donors (Lipinski definition) is 1. The Bertz CT molecular complexity index is 877. The van der Waals surface area contributed by atoms with Crippen molar-refractivity contribution in [1.82, 2.24) is 0 Å². The van der Waals surface area contributed by atoms with Gasteiger partial charge in [-0.15, -0.1) is 0 Å². The molecule has 7 heteroatoms. The Kier molecular flexibility index (Phi) is 7.77. The molecule has 1 amide bonds. The second-order valence-corrected chi connectivity index (χ2v) is 6.49. The first-order valence-electron chi connectivity index (χ1n) is 9.08. The molecule has 0 aliphatic carbocycles. The van der Waals surface area contributed by atoms with E-state index >= 15 is 0 Å². The fraction of sp³-hybridized carbons (Fsp3) is 0.273. The fourth-order valence-electron chi connectivity index (χ4n) is 2.35. The lowest BCUT2D eigenvalue weighted by Gasteiger charge is -2.14. The van der Waals surface area contributed by atoms with Gasteiger partial charge in [-0.1, -0.05) is 6.07 Å². The van der Waals surface area contributed by atoms with Crippen LogP contribution in [-0.4, -0.2) is 31.2 Å². The summed E-state index contributed by atoms with van der Waals surface area (Å²) in [6.07, 6.45) is 1.75. The molecule has 6 nitrogen and oxygen atoms in total. The van der Waals surface area contributed by atoms with Gasteiger partial charge in [-0.25, -0.2) is 9.18 Å². The lowest BCUT2D eigenvalue weighted by atomic mass is 10.2. The van der Waals surface area contributed by atoms with Crippen molar-refractivity contribution in [2.75, 3.05) is 12.4 Å². The lowest BCUT2D eigenvalue weighted by molar-refractivity contribution is -0.148. The highest BCUT2D eigenvalue weighted by Crippen LogP contribution is 2.29. The Morgan fingerprint density at radius 2 is 1.72 bits per heavy atom. The lowest BCUT2D eigenvalue weighted by Crippen LogP contribution is -2.29. The van der Waals surface area contributed by atoms with Gasteiger partial charge in [-0.2, -0.15) is 0 Å². The van der Waals surface area contributed by atoms with Gasteiger partial charge in [0.15, 0.2) is 17.6 Å². The van der Waals surface area contributed by atoms with Crippen molar-refractivity contribution in [3.63, 3.8) is 0 Å². The molecule has 0 aliphatic rings. The number of esters is 1. The minimum Gasteiger partial charge on any atom is -0.493 e. The third kappa shape index (κ3) is 6.95. The van der Waals surface area contributed by atoms with E-state index in [-0.39, 0.29) is 6.10 Å². The van der Waals surface area contributed by atoms with E-state index in [9.17, 15) is 14.0 Å². The number of benzene rings is 2. The van der Waals surface area contributed by atoms with Gasteiger partial charge in [0.25, 0.3) is 5.91 Å². The van der Waals surface area contributed by atoms with Crippen LogP contribution in [0.4, 0.5) is 10.1 Å². The zero-order chi connectivity index (χ0) is 21.4. The van der Waals surface area contributed by atoms with Crippen molar-refractivity contribution in [1.29, 1.82) is 0 Å². The van der Waals surface area contributed by atoms with Crippen molar-refractivity contribution in [2.24, 2.45) is 0 Å². The average molecular weight is 401 g/mol. The molecule has 2 aromatic rings. The SMILES string of the molecule is COc1cc(/C=C/C(=O)O[C@@H](C)C(=O)Nc2ccc(F)cc2)ccc1OC(C)C. The number of ether oxygens (including phenoxy) is 3. The first-order valence-corrected chi connectivity index (χ1v) is 9.08. The predicted molar refractivity (Wildman–Crippen MR) is 108 cm³/mol.